The van der Waals surface area contributed by atoms with Gasteiger partial charge in [-0.05, 0) is 191 Å². The fraction of sp³-hybridized carbons (Fsp3) is 0.0930. The van der Waals surface area contributed by atoms with Gasteiger partial charge in [-0.1, -0.05) is 270 Å². The molecule has 0 aliphatic heterocycles. The Hall–Kier alpha value is -10.5. The van der Waals surface area contributed by atoms with E-state index in [9.17, 15) is 0 Å². The lowest BCUT2D eigenvalue weighted by Crippen LogP contribution is -2.25. The Bertz CT molecular complexity index is 4770. The zero-order valence-electron chi connectivity index (χ0n) is 50.3. The molecule has 1 spiro atoms. The van der Waals surface area contributed by atoms with Crippen LogP contribution >= 0.6 is 0 Å². The van der Waals surface area contributed by atoms with E-state index in [0.717, 1.165) is 45.3 Å². The van der Waals surface area contributed by atoms with E-state index < -0.39 is 5.41 Å². The van der Waals surface area contributed by atoms with Gasteiger partial charge in [-0.15, -0.1) is 0 Å². The first kappa shape index (κ1) is 53.0. The first-order chi connectivity index (χ1) is 43.1. The van der Waals surface area contributed by atoms with E-state index in [-0.39, 0.29) is 10.8 Å². The molecule has 0 amide bonds. The topological polar surface area (TPSA) is 6.48 Å². The molecular weight excluding hydrogens is 1060 g/mol. The van der Waals surface area contributed by atoms with Gasteiger partial charge in [-0.25, -0.2) is 0 Å². The van der Waals surface area contributed by atoms with E-state index in [0.29, 0.717) is 0 Å². The van der Waals surface area contributed by atoms with Gasteiger partial charge in [0.05, 0.1) is 5.41 Å². The van der Waals surface area contributed by atoms with Crippen molar-refractivity contribution < 1.29 is 0 Å². The quantitative estimate of drug-likeness (QED) is 0.150. The van der Waals surface area contributed by atoms with Crippen molar-refractivity contribution in [3.63, 3.8) is 0 Å². The molecule has 420 valence electrons. The molecular formula is C86H66N2. The summed E-state index contributed by atoms with van der Waals surface area (Å²) in [6.07, 6.45) is 0. The first-order valence-corrected chi connectivity index (χ1v) is 31.0. The Morgan fingerprint density at radius 3 is 0.989 bits per heavy atom. The molecule has 2 nitrogen and oxygen atoms in total. The summed E-state index contributed by atoms with van der Waals surface area (Å²) in [6.45, 7) is 11.7. The molecule has 88 heavy (non-hydrogen) atoms. The normalized spacial score (nSPS) is 14.0. The summed E-state index contributed by atoms with van der Waals surface area (Å²) in [5.41, 5.74) is 32.8. The van der Waals surface area contributed by atoms with Crippen molar-refractivity contribution in [2.75, 3.05) is 9.80 Å². The molecule has 0 fully saturated rings. The zero-order valence-corrected chi connectivity index (χ0v) is 50.3. The van der Waals surface area contributed by atoms with Gasteiger partial charge in [0.1, 0.15) is 0 Å². The van der Waals surface area contributed by atoms with Crippen molar-refractivity contribution in [1.82, 2.24) is 0 Å². The molecule has 0 unspecified atom stereocenters. The number of anilines is 6. The highest BCUT2D eigenvalue weighted by atomic mass is 15.2. The van der Waals surface area contributed by atoms with Crippen molar-refractivity contribution in [3.8, 4) is 66.8 Å². The molecule has 4 aliphatic rings. The maximum absolute atomic E-state index is 2.54. The van der Waals surface area contributed by atoms with Crippen LogP contribution in [0.2, 0.25) is 0 Å². The number of nitrogens with zero attached hydrogens (tertiary/aromatic N) is 2. The molecule has 0 radical (unpaired) electrons. The minimum atomic E-state index is -0.487. The number of fused-ring (bicyclic) bond motifs is 16. The fourth-order valence-electron chi connectivity index (χ4n) is 15.4. The van der Waals surface area contributed by atoms with Crippen LogP contribution < -0.4 is 9.80 Å². The minimum absolute atomic E-state index is 0.126. The minimum Gasteiger partial charge on any atom is -0.310 e. The highest BCUT2D eigenvalue weighted by molar-refractivity contribution is 5.98. The predicted octanol–water partition coefficient (Wildman–Crippen LogP) is 22.9. The number of hydrogen-bond donors (Lipinski definition) is 0. The molecule has 0 saturated heterocycles. The van der Waals surface area contributed by atoms with Crippen molar-refractivity contribution in [2.24, 2.45) is 0 Å². The second-order valence-electron chi connectivity index (χ2n) is 25.3. The van der Waals surface area contributed by atoms with Crippen molar-refractivity contribution in [1.29, 1.82) is 0 Å². The molecule has 2 heteroatoms. The average Bonchev–Trinajstić information content (AvgIpc) is 1.52. The third-order valence-electron chi connectivity index (χ3n) is 19.6. The van der Waals surface area contributed by atoms with Crippen LogP contribution in [0.4, 0.5) is 34.1 Å². The van der Waals surface area contributed by atoms with Gasteiger partial charge in [-0.3, -0.25) is 0 Å². The summed E-state index contributed by atoms with van der Waals surface area (Å²) in [6, 6.07) is 115. The second kappa shape index (κ2) is 20.6. The van der Waals surface area contributed by atoms with Crippen LogP contribution in [-0.4, -0.2) is 0 Å². The third kappa shape index (κ3) is 8.23. The lowest BCUT2D eigenvalue weighted by atomic mass is 9.70. The maximum atomic E-state index is 2.54. The predicted molar refractivity (Wildman–Crippen MR) is 369 cm³/mol. The molecule has 13 aromatic carbocycles. The van der Waals surface area contributed by atoms with Gasteiger partial charge in [0.15, 0.2) is 0 Å². The van der Waals surface area contributed by atoms with Gasteiger partial charge in [0.2, 0.25) is 0 Å². The summed E-state index contributed by atoms with van der Waals surface area (Å²) < 4.78 is 0. The van der Waals surface area contributed by atoms with E-state index >= 15 is 0 Å². The second-order valence-corrected chi connectivity index (χ2v) is 25.3. The largest absolute Gasteiger partial charge is 0.310 e. The van der Waals surface area contributed by atoms with Crippen LogP contribution in [-0.2, 0) is 16.2 Å². The SMILES string of the molecule is Cc1ccc(N(c2cc(-c3ccc4c(c3)C3(c5ccccc5-c5ccccc53)c3ccccc3-4)cc(N(c3ccc(-c4ccccc4)cc3)c3ccc4c(c3)-c3ccccc3C4(C)C)c2)c2ccc3c(c2)-c2ccccc2C3(C)C)cc1.c1ccccc1. The smallest absolute Gasteiger partial charge is 0.0725 e. The van der Waals surface area contributed by atoms with Crippen molar-refractivity contribution in [3.05, 3.63) is 359 Å². The summed E-state index contributed by atoms with van der Waals surface area (Å²) in [5.74, 6) is 0. The van der Waals surface area contributed by atoms with Gasteiger partial charge in [0, 0.05) is 45.0 Å². The molecule has 0 atom stereocenters. The Balaban J connectivity index is 0.000000984. The monoisotopic (exact) mass is 1130 g/mol. The molecule has 4 aliphatic carbocycles. The van der Waals surface area contributed by atoms with Gasteiger partial charge in [-0.2, -0.15) is 0 Å². The molecule has 0 heterocycles. The molecule has 13 aromatic rings. The summed E-state index contributed by atoms with van der Waals surface area (Å²) in [5, 5.41) is 0. The van der Waals surface area contributed by atoms with Crippen molar-refractivity contribution >= 4 is 34.1 Å². The Kier molecular flexibility index (Phi) is 12.4. The highest BCUT2D eigenvalue weighted by Gasteiger charge is 2.51. The van der Waals surface area contributed by atoms with Crippen LogP contribution in [0.5, 0.6) is 0 Å². The standard InChI is InChI=1S/C80H60N2.C6H6/c1-51-31-36-56(37-32-51)81(58-40-43-72-68(49-58)65-24-9-14-26-70(65)78(72,2)3)60-45-55(54-35-42-67-64-23-13-18-30-76(64)80(77(67)47-54)74-28-16-11-21-62(74)63-22-12-17-29-75(63)80)46-61(48-60)82(57-38-33-53(34-39-57)52-19-7-6-8-20-52)59-41-44-73-69(50-59)66-25-10-15-27-71(66)79(73,4)5;1-2-4-6-5-3-1/h6-50H,1-5H3;1-6H. The van der Waals surface area contributed by atoms with Crippen LogP contribution in [0.15, 0.2) is 309 Å². The maximum Gasteiger partial charge on any atom is 0.0725 e. The molecule has 17 rings (SSSR count). The Morgan fingerprint density at radius 1 is 0.205 bits per heavy atom. The summed E-state index contributed by atoms with van der Waals surface area (Å²) in [7, 11) is 0. The van der Waals surface area contributed by atoms with E-state index in [1.165, 1.54) is 106 Å². The molecule has 0 N–H and O–H groups in total. The van der Waals surface area contributed by atoms with E-state index in [2.05, 4.69) is 317 Å². The zero-order chi connectivity index (χ0) is 59.3. The van der Waals surface area contributed by atoms with E-state index in [4.69, 9.17) is 0 Å². The average molecular weight is 1130 g/mol. The number of rotatable bonds is 8. The van der Waals surface area contributed by atoms with Crippen LogP contribution in [0.1, 0.15) is 77.8 Å². The number of benzene rings is 13. The van der Waals surface area contributed by atoms with E-state index in [1.54, 1.807) is 0 Å². The van der Waals surface area contributed by atoms with Gasteiger partial charge in [0.25, 0.3) is 0 Å². The molecule has 0 saturated carbocycles. The third-order valence-corrected chi connectivity index (χ3v) is 19.6. The highest BCUT2D eigenvalue weighted by Crippen LogP contribution is 2.63. The Labute approximate surface area is 518 Å². The lowest BCUT2D eigenvalue weighted by molar-refractivity contribution is 0.660. The number of aryl methyl sites for hydroxylation is 1. The molecule has 0 aromatic heterocycles. The molecule has 0 bridgehead atoms. The van der Waals surface area contributed by atoms with Crippen molar-refractivity contribution in [2.45, 2.75) is 50.9 Å². The van der Waals surface area contributed by atoms with Gasteiger partial charge >= 0.3 is 0 Å². The lowest BCUT2D eigenvalue weighted by Gasteiger charge is -2.32. The van der Waals surface area contributed by atoms with Gasteiger partial charge < -0.3 is 9.80 Å². The summed E-state index contributed by atoms with van der Waals surface area (Å²) >= 11 is 0. The fourth-order valence-corrected chi connectivity index (χ4v) is 15.4. The summed E-state index contributed by atoms with van der Waals surface area (Å²) in [4.78, 5) is 4.99. The van der Waals surface area contributed by atoms with Crippen LogP contribution in [0.3, 0.4) is 0 Å². The Morgan fingerprint density at radius 2 is 0.534 bits per heavy atom. The van der Waals surface area contributed by atoms with Crippen LogP contribution in [0.25, 0.3) is 66.8 Å². The van der Waals surface area contributed by atoms with E-state index in [1.807, 2.05) is 36.4 Å². The first-order valence-electron chi connectivity index (χ1n) is 31.0. The van der Waals surface area contributed by atoms with Crippen LogP contribution in [0, 0.1) is 6.92 Å². The number of hydrogen-bond acceptors (Lipinski definition) is 2.